The van der Waals surface area contributed by atoms with Gasteiger partial charge in [-0.05, 0) is 38.2 Å². The molecule has 1 unspecified atom stereocenters. The van der Waals surface area contributed by atoms with Crippen LogP contribution in [0.15, 0.2) is 0 Å². The van der Waals surface area contributed by atoms with Crippen LogP contribution in [-0.2, 0) is 4.74 Å². The smallest absolute Gasteiger partial charge is 0.128 e. The molecule has 0 aromatic carbocycles. The van der Waals surface area contributed by atoms with Gasteiger partial charge in [0, 0.05) is 6.61 Å². The van der Waals surface area contributed by atoms with Crippen molar-refractivity contribution in [3.8, 4) is 6.07 Å². The molecule has 1 aromatic rings. The van der Waals surface area contributed by atoms with Gasteiger partial charge in [0.05, 0.1) is 17.8 Å². The Hall–Kier alpha value is -1.12. The van der Waals surface area contributed by atoms with E-state index in [1.807, 2.05) is 6.92 Å². The minimum absolute atomic E-state index is 0.0666. The van der Waals surface area contributed by atoms with E-state index in [9.17, 15) is 0 Å². The van der Waals surface area contributed by atoms with Crippen molar-refractivity contribution in [2.75, 3.05) is 18.5 Å². The third-order valence-electron chi connectivity index (χ3n) is 2.83. The van der Waals surface area contributed by atoms with Crippen molar-refractivity contribution in [1.82, 2.24) is 4.37 Å². The van der Waals surface area contributed by atoms with Crippen LogP contribution in [0.4, 0.5) is 5.00 Å². The number of aryl methyl sites for hydroxylation is 1. The number of anilines is 1. The van der Waals surface area contributed by atoms with Crippen molar-refractivity contribution < 1.29 is 4.74 Å². The molecule has 1 aromatic heterocycles. The predicted octanol–water partition coefficient (Wildman–Crippen LogP) is 2.30. The van der Waals surface area contributed by atoms with Crippen molar-refractivity contribution in [2.45, 2.75) is 32.2 Å². The molecule has 1 saturated heterocycles. The average Bonchev–Trinajstić information content (AvgIpc) is 2.59. The highest BCUT2D eigenvalue weighted by atomic mass is 32.1. The number of hydrogen-bond donors (Lipinski definition) is 1. The molecule has 0 amide bonds. The number of rotatable bonds is 2. The Labute approximate surface area is 99.4 Å². The standard InChI is InChI=1S/C11H15N3OS/c1-8-9(6-12)10(16-14-8)13-11(2)4-3-5-15-7-11/h13H,3-5,7H2,1-2H3. The van der Waals surface area contributed by atoms with Crippen molar-refractivity contribution in [3.05, 3.63) is 11.3 Å². The lowest BCUT2D eigenvalue weighted by Gasteiger charge is -2.34. The zero-order valence-electron chi connectivity index (χ0n) is 9.54. The topological polar surface area (TPSA) is 57.9 Å². The van der Waals surface area contributed by atoms with Crippen LogP contribution in [0.3, 0.4) is 0 Å². The maximum atomic E-state index is 9.05. The van der Waals surface area contributed by atoms with E-state index in [1.54, 1.807) is 0 Å². The van der Waals surface area contributed by atoms with Crippen LogP contribution in [0, 0.1) is 18.3 Å². The molecule has 86 valence electrons. The van der Waals surface area contributed by atoms with Gasteiger partial charge in [-0.15, -0.1) is 0 Å². The number of nitriles is 1. The summed E-state index contributed by atoms with van der Waals surface area (Å²) in [5.74, 6) is 0. The van der Waals surface area contributed by atoms with Crippen molar-refractivity contribution >= 4 is 16.5 Å². The van der Waals surface area contributed by atoms with Crippen LogP contribution in [0.2, 0.25) is 0 Å². The summed E-state index contributed by atoms with van der Waals surface area (Å²) in [7, 11) is 0. The van der Waals surface area contributed by atoms with E-state index in [0.29, 0.717) is 12.2 Å². The van der Waals surface area contributed by atoms with E-state index < -0.39 is 0 Å². The van der Waals surface area contributed by atoms with Crippen molar-refractivity contribution in [1.29, 1.82) is 5.26 Å². The molecule has 2 heterocycles. The Kier molecular flexibility index (Phi) is 3.13. The summed E-state index contributed by atoms with van der Waals surface area (Å²) >= 11 is 1.35. The van der Waals surface area contributed by atoms with Crippen LogP contribution < -0.4 is 5.32 Å². The van der Waals surface area contributed by atoms with E-state index in [0.717, 1.165) is 30.1 Å². The molecule has 2 rings (SSSR count). The quantitative estimate of drug-likeness (QED) is 0.857. The first-order valence-corrected chi connectivity index (χ1v) is 6.14. The first kappa shape index (κ1) is 11.4. The van der Waals surface area contributed by atoms with E-state index >= 15 is 0 Å². The van der Waals surface area contributed by atoms with Crippen LogP contribution in [0.5, 0.6) is 0 Å². The van der Waals surface area contributed by atoms with Gasteiger partial charge in [-0.1, -0.05) is 0 Å². The van der Waals surface area contributed by atoms with Gasteiger partial charge in [0.15, 0.2) is 0 Å². The van der Waals surface area contributed by atoms with Gasteiger partial charge in [-0.2, -0.15) is 9.64 Å². The Bertz CT molecular complexity index is 415. The fraction of sp³-hybridized carbons (Fsp3) is 0.636. The van der Waals surface area contributed by atoms with Gasteiger partial charge in [-0.3, -0.25) is 0 Å². The van der Waals surface area contributed by atoms with Crippen LogP contribution >= 0.6 is 11.5 Å². The zero-order chi connectivity index (χ0) is 11.6. The fourth-order valence-electron chi connectivity index (χ4n) is 1.89. The van der Waals surface area contributed by atoms with E-state index in [1.165, 1.54) is 11.5 Å². The van der Waals surface area contributed by atoms with E-state index in [2.05, 4.69) is 22.7 Å². The highest BCUT2D eigenvalue weighted by Crippen LogP contribution is 2.30. The fourth-order valence-corrected chi connectivity index (χ4v) is 2.79. The van der Waals surface area contributed by atoms with Crippen LogP contribution in [0.1, 0.15) is 31.0 Å². The Morgan fingerprint density at radius 2 is 2.44 bits per heavy atom. The summed E-state index contributed by atoms with van der Waals surface area (Å²) in [6.07, 6.45) is 2.12. The molecule has 0 spiro atoms. The Morgan fingerprint density at radius 1 is 1.62 bits per heavy atom. The van der Waals surface area contributed by atoms with Crippen LogP contribution in [-0.4, -0.2) is 23.1 Å². The molecule has 1 aliphatic rings. The second-order valence-electron chi connectivity index (χ2n) is 4.43. The Morgan fingerprint density at radius 3 is 3.06 bits per heavy atom. The highest BCUT2D eigenvalue weighted by molar-refractivity contribution is 7.10. The summed E-state index contributed by atoms with van der Waals surface area (Å²) in [5.41, 5.74) is 1.40. The maximum Gasteiger partial charge on any atom is 0.128 e. The number of hydrogen-bond acceptors (Lipinski definition) is 5. The molecule has 4 nitrogen and oxygen atoms in total. The molecule has 0 radical (unpaired) electrons. The third kappa shape index (κ3) is 2.18. The monoisotopic (exact) mass is 237 g/mol. The molecule has 1 aliphatic heterocycles. The summed E-state index contributed by atoms with van der Waals surface area (Å²) in [4.78, 5) is 0. The van der Waals surface area contributed by atoms with Gasteiger partial charge in [0.2, 0.25) is 0 Å². The maximum absolute atomic E-state index is 9.05. The van der Waals surface area contributed by atoms with Crippen molar-refractivity contribution in [2.24, 2.45) is 0 Å². The lowest BCUT2D eigenvalue weighted by atomic mass is 9.95. The van der Waals surface area contributed by atoms with Gasteiger partial charge in [0.1, 0.15) is 16.6 Å². The van der Waals surface area contributed by atoms with Gasteiger partial charge >= 0.3 is 0 Å². The summed E-state index contributed by atoms with van der Waals surface area (Å²) in [6, 6.07) is 2.20. The summed E-state index contributed by atoms with van der Waals surface area (Å²) < 4.78 is 9.68. The molecule has 0 saturated carbocycles. The second-order valence-corrected chi connectivity index (χ2v) is 5.20. The lowest BCUT2D eigenvalue weighted by molar-refractivity contribution is 0.0541. The largest absolute Gasteiger partial charge is 0.379 e. The zero-order valence-corrected chi connectivity index (χ0v) is 10.4. The third-order valence-corrected chi connectivity index (χ3v) is 3.68. The number of ether oxygens (including phenoxy) is 1. The van der Waals surface area contributed by atoms with Crippen LogP contribution in [0.25, 0.3) is 0 Å². The SMILES string of the molecule is Cc1nsc(NC2(C)CCCOC2)c1C#N. The van der Waals surface area contributed by atoms with E-state index in [-0.39, 0.29) is 5.54 Å². The highest BCUT2D eigenvalue weighted by Gasteiger charge is 2.29. The number of nitrogens with zero attached hydrogens (tertiary/aromatic N) is 2. The lowest BCUT2D eigenvalue weighted by Crippen LogP contribution is -2.42. The molecule has 5 heteroatoms. The van der Waals surface area contributed by atoms with Gasteiger partial charge in [-0.25, -0.2) is 0 Å². The molecule has 1 fully saturated rings. The minimum Gasteiger partial charge on any atom is -0.379 e. The van der Waals surface area contributed by atoms with Crippen molar-refractivity contribution in [3.63, 3.8) is 0 Å². The van der Waals surface area contributed by atoms with Gasteiger partial charge in [0.25, 0.3) is 0 Å². The van der Waals surface area contributed by atoms with Gasteiger partial charge < -0.3 is 10.1 Å². The minimum atomic E-state index is -0.0666. The Balaban J connectivity index is 2.17. The predicted molar refractivity (Wildman–Crippen MR) is 63.6 cm³/mol. The molecular weight excluding hydrogens is 222 g/mol. The first-order valence-electron chi connectivity index (χ1n) is 5.37. The second kappa shape index (κ2) is 4.40. The molecule has 1 N–H and O–H groups in total. The summed E-state index contributed by atoms with van der Waals surface area (Å²) in [6.45, 7) is 5.52. The molecule has 0 aliphatic carbocycles. The number of nitrogens with one attached hydrogen (secondary N) is 1. The molecule has 0 bridgehead atoms. The molecular formula is C11H15N3OS. The van der Waals surface area contributed by atoms with E-state index in [4.69, 9.17) is 10.00 Å². The molecule has 1 atom stereocenters. The average molecular weight is 237 g/mol. The number of aromatic nitrogens is 1. The molecule has 16 heavy (non-hydrogen) atoms. The normalized spacial score (nSPS) is 25.1. The first-order chi connectivity index (χ1) is 7.64. The summed E-state index contributed by atoms with van der Waals surface area (Å²) in [5, 5.41) is 13.3.